The Kier molecular flexibility index (Phi) is 1.90. The highest BCUT2D eigenvalue weighted by Gasteiger charge is 2.67. The van der Waals surface area contributed by atoms with Gasteiger partial charge in [0.1, 0.15) is 17.9 Å². The molecule has 4 heterocycles. The first-order valence-electron chi connectivity index (χ1n) is 5.55. The Hall–Kier alpha value is -1.98. The predicted molar refractivity (Wildman–Crippen MR) is 56.5 cm³/mol. The Balaban J connectivity index is 2.08. The van der Waals surface area contributed by atoms with Crippen LogP contribution in [-0.2, 0) is 28.5 Å². The molecule has 0 N–H and O–H groups in total. The monoisotopic (exact) mass is 252 g/mol. The van der Waals surface area contributed by atoms with Crippen molar-refractivity contribution >= 4 is 11.9 Å². The number of hydrogen-bond donors (Lipinski definition) is 0. The summed E-state index contributed by atoms with van der Waals surface area (Å²) in [5, 5.41) is 0. The lowest BCUT2D eigenvalue weighted by molar-refractivity contribution is -0.351. The normalized spacial score (nSPS) is 41.8. The predicted octanol–water partition coefficient (Wildman–Crippen LogP) is 0.983. The van der Waals surface area contributed by atoms with E-state index in [2.05, 4.69) is 6.58 Å². The maximum atomic E-state index is 11.9. The van der Waals surface area contributed by atoms with Crippen molar-refractivity contribution in [3.8, 4) is 0 Å². The second-order valence-corrected chi connectivity index (χ2v) is 4.82. The van der Waals surface area contributed by atoms with E-state index in [1.54, 1.807) is 13.8 Å². The number of rotatable bonds is 0. The molecule has 3 saturated heterocycles. The largest absolute Gasteiger partial charge is 0.456 e. The van der Waals surface area contributed by atoms with Crippen LogP contribution in [0.5, 0.6) is 0 Å². The molecule has 0 amide bonds. The molecule has 6 nitrogen and oxygen atoms in total. The fraction of sp³-hybridized carbons (Fsp3) is 0.500. The van der Waals surface area contributed by atoms with Gasteiger partial charge in [-0.25, -0.2) is 4.79 Å². The Morgan fingerprint density at radius 2 is 2.00 bits per heavy atom. The van der Waals surface area contributed by atoms with Crippen LogP contribution in [0, 0.1) is 5.92 Å². The molecule has 3 atom stereocenters. The van der Waals surface area contributed by atoms with Crippen molar-refractivity contribution in [1.29, 1.82) is 0 Å². The maximum absolute atomic E-state index is 11.9. The SMILES string of the molecule is C=C1O[C@@]2(C)C[C@@]3(OC(=O)C=C(C)O3)[C@@H]1C(=O)O2. The van der Waals surface area contributed by atoms with Gasteiger partial charge in [-0.3, -0.25) is 4.79 Å². The molecule has 0 aromatic rings. The fourth-order valence-electron chi connectivity index (χ4n) is 2.69. The van der Waals surface area contributed by atoms with Gasteiger partial charge in [0.25, 0.3) is 11.6 Å². The fourth-order valence-corrected chi connectivity index (χ4v) is 2.69. The minimum Gasteiger partial charge on any atom is -0.456 e. The third kappa shape index (κ3) is 1.35. The molecule has 18 heavy (non-hydrogen) atoms. The summed E-state index contributed by atoms with van der Waals surface area (Å²) >= 11 is 0. The summed E-state index contributed by atoms with van der Waals surface area (Å²) in [6, 6.07) is 0. The zero-order chi connectivity index (χ0) is 13.1. The highest BCUT2D eigenvalue weighted by atomic mass is 16.8. The molecule has 0 unspecified atom stereocenters. The van der Waals surface area contributed by atoms with E-state index in [-0.39, 0.29) is 12.2 Å². The number of carbonyl (C=O) groups is 2. The Morgan fingerprint density at radius 1 is 1.28 bits per heavy atom. The zero-order valence-corrected chi connectivity index (χ0v) is 10.0. The number of fused-ring (bicyclic) bond motifs is 2. The molecule has 4 rings (SSSR count). The van der Waals surface area contributed by atoms with E-state index in [4.69, 9.17) is 18.9 Å². The highest BCUT2D eigenvalue weighted by Crippen LogP contribution is 2.51. The van der Waals surface area contributed by atoms with Crippen LogP contribution in [0.15, 0.2) is 24.2 Å². The standard InChI is InChI=1S/C12H12O6/c1-6-4-8(13)17-12(15-6)5-11(3)16-7(2)9(12)10(14)18-11/h4,9H,2,5H2,1,3H3/t9-,11+,12+/m0/s1. The molecule has 0 aliphatic carbocycles. The summed E-state index contributed by atoms with van der Waals surface area (Å²) in [5.41, 5.74) is 0. The van der Waals surface area contributed by atoms with Gasteiger partial charge in [0.15, 0.2) is 5.92 Å². The van der Waals surface area contributed by atoms with Gasteiger partial charge in [-0.05, 0) is 6.92 Å². The number of allylic oxidation sites excluding steroid dienone is 1. The lowest BCUT2D eigenvalue weighted by Crippen LogP contribution is -2.65. The van der Waals surface area contributed by atoms with Crippen LogP contribution < -0.4 is 0 Å². The molecule has 3 fully saturated rings. The van der Waals surface area contributed by atoms with Gasteiger partial charge in [0, 0.05) is 6.92 Å². The summed E-state index contributed by atoms with van der Waals surface area (Å²) in [6.07, 6.45) is 1.34. The van der Waals surface area contributed by atoms with Crippen molar-refractivity contribution in [3.63, 3.8) is 0 Å². The molecule has 0 aromatic heterocycles. The highest BCUT2D eigenvalue weighted by molar-refractivity contribution is 5.85. The van der Waals surface area contributed by atoms with E-state index in [0.717, 1.165) is 0 Å². The Morgan fingerprint density at radius 3 is 2.56 bits per heavy atom. The maximum Gasteiger partial charge on any atom is 0.337 e. The second-order valence-electron chi connectivity index (χ2n) is 4.82. The van der Waals surface area contributed by atoms with E-state index in [1.807, 2.05) is 0 Å². The topological polar surface area (TPSA) is 71.1 Å². The van der Waals surface area contributed by atoms with Crippen molar-refractivity contribution in [1.82, 2.24) is 0 Å². The number of carbonyl (C=O) groups excluding carboxylic acids is 2. The third-order valence-electron chi connectivity index (χ3n) is 3.16. The van der Waals surface area contributed by atoms with Gasteiger partial charge in [-0.2, -0.15) is 0 Å². The van der Waals surface area contributed by atoms with Crippen LogP contribution in [0.3, 0.4) is 0 Å². The van der Waals surface area contributed by atoms with Crippen LogP contribution in [0.4, 0.5) is 0 Å². The molecular weight excluding hydrogens is 240 g/mol. The minimum absolute atomic E-state index is 0.117. The molecule has 0 radical (unpaired) electrons. The number of ether oxygens (including phenoxy) is 4. The van der Waals surface area contributed by atoms with E-state index >= 15 is 0 Å². The molecule has 0 saturated carbocycles. The van der Waals surface area contributed by atoms with Gasteiger partial charge in [0.2, 0.25) is 0 Å². The molecular formula is C12H12O6. The number of hydrogen-bond acceptors (Lipinski definition) is 6. The first-order chi connectivity index (χ1) is 8.34. The van der Waals surface area contributed by atoms with Gasteiger partial charge in [-0.1, -0.05) is 6.58 Å². The van der Waals surface area contributed by atoms with E-state index in [9.17, 15) is 9.59 Å². The van der Waals surface area contributed by atoms with Crippen LogP contribution in [0.25, 0.3) is 0 Å². The smallest absolute Gasteiger partial charge is 0.337 e. The van der Waals surface area contributed by atoms with Crippen molar-refractivity contribution in [2.24, 2.45) is 5.92 Å². The zero-order valence-electron chi connectivity index (χ0n) is 10.0. The van der Waals surface area contributed by atoms with Crippen molar-refractivity contribution in [3.05, 3.63) is 24.2 Å². The van der Waals surface area contributed by atoms with Gasteiger partial charge >= 0.3 is 11.9 Å². The van der Waals surface area contributed by atoms with E-state index in [0.29, 0.717) is 5.76 Å². The molecule has 4 aliphatic heterocycles. The van der Waals surface area contributed by atoms with Gasteiger partial charge < -0.3 is 18.9 Å². The average Bonchev–Trinajstić information content (AvgIpc) is 2.09. The molecule has 1 spiro atoms. The lowest BCUT2D eigenvalue weighted by atomic mass is 9.84. The van der Waals surface area contributed by atoms with Crippen LogP contribution in [-0.4, -0.2) is 23.5 Å². The van der Waals surface area contributed by atoms with Gasteiger partial charge in [-0.15, -0.1) is 0 Å². The van der Waals surface area contributed by atoms with Crippen molar-refractivity contribution in [2.45, 2.75) is 31.8 Å². The summed E-state index contributed by atoms with van der Waals surface area (Å²) in [5.74, 6) is -4.06. The summed E-state index contributed by atoms with van der Waals surface area (Å²) in [7, 11) is 0. The molecule has 96 valence electrons. The Labute approximate surface area is 103 Å². The van der Waals surface area contributed by atoms with Gasteiger partial charge in [0.05, 0.1) is 6.08 Å². The summed E-state index contributed by atoms with van der Waals surface area (Å²) < 4.78 is 21.4. The molecule has 2 bridgehead atoms. The van der Waals surface area contributed by atoms with E-state index in [1.165, 1.54) is 6.08 Å². The van der Waals surface area contributed by atoms with Crippen LogP contribution in [0.1, 0.15) is 20.3 Å². The first-order valence-corrected chi connectivity index (χ1v) is 5.55. The summed E-state index contributed by atoms with van der Waals surface area (Å²) in [6.45, 7) is 6.89. The molecule has 4 aliphatic rings. The molecule has 6 heteroatoms. The van der Waals surface area contributed by atoms with Crippen LogP contribution in [0.2, 0.25) is 0 Å². The summed E-state index contributed by atoms with van der Waals surface area (Å²) in [4.78, 5) is 23.4. The Bertz CT molecular complexity index is 487. The first kappa shape index (κ1) is 11.1. The number of esters is 2. The lowest BCUT2D eigenvalue weighted by Gasteiger charge is -2.53. The van der Waals surface area contributed by atoms with Crippen molar-refractivity contribution < 1.29 is 28.5 Å². The second kappa shape index (κ2) is 3.07. The minimum atomic E-state index is -1.39. The third-order valence-corrected chi connectivity index (χ3v) is 3.16. The van der Waals surface area contributed by atoms with Crippen molar-refractivity contribution in [2.75, 3.05) is 0 Å². The average molecular weight is 252 g/mol. The van der Waals surface area contributed by atoms with E-state index < -0.39 is 29.4 Å². The quantitative estimate of drug-likeness (QED) is 0.598. The van der Waals surface area contributed by atoms with Crippen LogP contribution >= 0.6 is 0 Å². The molecule has 0 aromatic carbocycles.